The molecule has 1 N–H and O–H groups in total. The first kappa shape index (κ1) is 14.5. The van der Waals surface area contributed by atoms with Crippen molar-refractivity contribution in [3.8, 4) is 5.69 Å². The van der Waals surface area contributed by atoms with Crippen LogP contribution < -0.4 is 5.32 Å². The molecule has 2 heterocycles. The normalized spacial score (nSPS) is 12.5. The number of benzene rings is 1. The van der Waals surface area contributed by atoms with Gasteiger partial charge in [0.15, 0.2) is 5.82 Å². The van der Waals surface area contributed by atoms with E-state index in [0.717, 1.165) is 12.1 Å². The Morgan fingerprint density at radius 3 is 2.73 bits per heavy atom. The van der Waals surface area contributed by atoms with Gasteiger partial charge in [-0.1, -0.05) is 24.2 Å². The first-order chi connectivity index (χ1) is 10.8. The Balaban J connectivity index is 1.61. The molecule has 3 rings (SSSR count). The van der Waals surface area contributed by atoms with E-state index in [9.17, 15) is 0 Å². The highest BCUT2D eigenvalue weighted by atomic mass is 16.5. The third-order valence-electron chi connectivity index (χ3n) is 3.54. The van der Waals surface area contributed by atoms with Crippen LogP contribution >= 0.6 is 0 Å². The molecule has 22 heavy (non-hydrogen) atoms. The summed E-state index contributed by atoms with van der Waals surface area (Å²) >= 11 is 0. The third-order valence-corrected chi connectivity index (χ3v) is 3.54. The minimum Gasteiger partial charge on any atom is -0.339 e. The van der Waals surface area contributed by atoms with Gasteiger partial charge < -0.3 is 9.84 Å². The second-order valence-electron chi connectivity index (χ2n) is 5.10. The van der Waals surface area contributed by atoms with Gasteiger partial charge in [-0.3, -0.25) is 0 Å². The van der Waals surface area contributed by atoms with Crippen LogP contribution in [0.2, 0.25) is 0 Å². The van der Waals surface area contributed by atoms with E-state index in [-0.39, 0.29) is 6.04 Å². The van der Waals surface area contributed by atoms with Gasteiger partial charge in [0.2, 0.25) is 5.89 Å². The maximum absolute atomic E-state index is 5.10. The molecule has 3 aromatic rings. The van der Waals surface area contributed by atoms with Crippen molar-refractivity contribution < 1.29 is 4.52 Å². The molecule has 0 saturated carbocycles. The van der Waals surface area contributed by atoms with E-state index in [2.05, 4.69) is 51.7 Å². The molecule has 0 fully saturated rings. The predicted molar refractivity (Wildman–Crippen MR) is 82.5 cm³/mol. The van der Waals surface area contributed by atoms with Gasteiger partial charge in [-0.25, -0.2) is 4.68 Å². The molecule has 1 atom stereocenters. The van der Waals surface area contributed by atoms with Gasteiger partial charge in [0, 0.05) is 24.9 Å². The van der Waals surface area contributed by atoms with Crippen molar-refractivity contribution in [2.75, 3.05) is 0 Å². The highest BCUT2D eigenvalue weighted by Crippen LogP contribution is 2.15. The smallest absolute Gasteiger partial charge is 0.226 e. The number of rotatable bonds is 6. The van der Waals surface area contributed by atoms with Crippen LogP contribution in [-0.2, 0) is 13.0 Å². The van der Waals surface area contributed by atoms with E-state index in [0.29, 0.717) is 18.3 Å². The largest absolute Gasteiger partial charge is 0.339 e. The van der Waals surface area contributed by atoms with Crippen LogP contribution in [0.25, 0.3) is 5.69 Å². The SMILES string of the molecule is CCc1nc(CNC(C)c2ccc(-n3cccn3)cc2)no1. The van der Waals surface area contributed by atoms with Crippen molar-refractivity contribution in [2.45, 2.75) is 32.9 Å². The quantitative estimate of drug-likeness (QED) is 0.757. The van der Waals surface area contributed by atoms with Gasteiger partial charge in [-0.15, -0.1) is 0 Å². The molecule has 0 saturated heterocycles. The Kier molecular flexibility index (Phi) is 4.29. The molecule has 0 aliphatic carbocycles. The van der Waals surface area contributed by atoms with Crippen LogP contribution in [0.4, 0.5) is 0 Å². The molecule has 2 aromatic heterocycles. The standard InChI is InChI=1S/C16H19N5O/c1-3-16-19-15(20-22-16)11-17-12(2)13-5-7-14(8-6-13)21-10-4-9-18-21/h4-10,12,17H,3,11H2,1-2H3. The zero-order chi connectivity index (χ0) is 15.4. The van der Waals surface area contributed by atoms with Crippen molar-refractivity contribution >= 4 is 0 Å². The number of aryl methyl sites for hydroxylation is 1. The summed E-state index contributed by atoms with van der Waals surface area (Å²) in [5, 5.41) is 11.6. The Morgan fingerprint density at radius 1 is 1.27 bits per heavy atom. The van der Waals surface area contributed by atoms with Crippen molar-refractivity contribution in [3.63, 3.8) is 0 Å². The number of hydrogen-bond donors (Lipinski definition) is 1. The van der Waals surface area contributed by atoms with Crippen LogP contribution in [0, 0.1) is 0 Å². The van der Waals surface area contributed by atoms with Gasteiger partial charge >= 0.3 is 0 Å². The topological polar surface area (TPSA) is 68.8 Å². The first-order valence-electron chi connectivity index (χ1n) is 7.41. The number of aromatic nitrogens is 4. The maximum Gasteiger partial charge on any atom is 0.226 e. The number of nitrogens with one attached hydrogen (secondary N) is 1. The Labute approximate surface area is 129 Å². The van der Waals surface area contributed by atoms with Crippen molar-refractivity contribution in [1.29, 1.82) is 0 Å². The molecule has 0 bridgehead atoms. The van der Waals surface area contributed by atoms with E-state index in [1.807, 2.05) is 23.9 Å². The maximum atomic E-state index is 5.10. The fourth-order valence-corrected chi connectivity index (χ4v) is 2.21. The van der Waals surface area contributed by atoms with Crippen molar-refractivity contribution in [2.24, 2.45) is 0 Å². The molecule has 1 aromatic carbocycles. The predicted octanol–water partition coefficient (Wildman–Crippen LogP) is 2.67. The summed E-state index contributed by atoms with van der Waals surface area (Å²) in [6.07, 6.45) is 4.46. The summed E-state index contributed by atoms with van der Waals surface area (Å²) in [5.41, 5.74) is 2.25. The fraction of sp³-hybridized carbons (Fsp3) is 0.312. The molecule has 6 heteroatoms. The van der Waals surface area contributed by atoms with Crippen molar-refractivity contribution in [3.05, 3.63) is 60.0 Å². The highest BCUT2D eigenvalue weighted by Gasteiger charge is 2.08. The zero-order valence-corrected chi connectivity index (χ0v) is 12.7. The van der Waals surface area contributed by atoms with E-state index >= 15 is 0 Å². The van der Waals surface area contributed by atoms with Gasteiger partial charge in [-0.2, -0.15) is 10.1 Å². The lowest BCUT2D eigenvalue weighted by Crippen LogP contribution is -2.18. The van der Waals surface area contributed by atoms with E-state index < -0.39 is 0 Å². The molecule has 0 radical (unpaired) electrons. The Bertz CT molecular complexity index is 702. The molecule has 6 nitrogen and oxygen atoms in total. The molecule has 0 amide bonds. The van der Waals surface area contributed by atoms with Crippen LogP contribution in [-0.4, -0.2) is 19.9 Å². The van der Waals surface area contributed by atoms with Crippen LogP contribution in [0.5, 0.6) is 0 Å². The lowest BCUT2D eigenvalue weighted by atomic mass is 10.1. The summed E-state index contributed by atoms with van der Waals surface area (Å²) in [4.78, 5) is 4.29. The monoisotopic (exact) mass is 297 g/mol. The summed E-state index contributed by atoms with van der Waals surface area (Å²) in [7, 11) is 0. The van der Waals surface area contributed by atoms with Crippen LogP contribution in [0.3, 0.4) is 0 Å². The summed E-state index contributed by atoms with van der Waals surface area (Å²) < 4.78 is 6.94. The third kappa shape index (κ3) is 3.23. The van der Waals surface area contributed by atoms with Gasteiger partial charge in [0.1, 0.15) is 0 Å². The molecule has 114 valence electrons. The van der Waals surface area contributed by atoms with E-state index in [1.165, 1.54) is 5.56 Å². The van der Waals surface area contributed by atoms with Gasteiger partial charge in [-0.05, 0) is 30.7 Å². The molecule has 1 unspecified atom stereocenters. The van der Waals surface area contributed by atoms with E-state index in [1.54, 1.807) is 6.20 Å². The van der Waals surface area contributed by atoms with Crippen LogP contribution in [0.1, 0.15) is 37.2 Å². The Hall–Kier alpha value is -2.47. The highest BCUT2D eigenvalue weighted by molar-refractivity contribution is 5.34. The van der Waals surface area contributed by atoms with Crippen molar-refractivity contribution in [1.82, 2.24) is 25.2 Å². The molecule has 0 aliphatic rings. The van der Waals surface area contributed by atoms with E-state index in [4.69, 9.17) is 4.52 Å². The Morgan fingerprint density at radius 2 is 2.09 bits per heavy atom. The van der Waals surface area contributed by atoms with Gasteiger partial charge in [0.05, 0.1) is 12.2 Å². The lowest BCUT2D eigenvalue weighted by molar-refractivity contribution is 0.374. The minimum absolute atomic E-state index is 0.204. The van der Waals surface area contributed by atoms with Gasteiger partial charge in [0.25, 0.3) is 0 Å². The second-order valence-corrected chi connectivity index (χ2v) is 5.10. The summed E-state index contributed by atoms with van der Waals surface area (Å²) in [6, 6.07) is 10.4. The summed E-state index contributed by atoms with van der Waals surface area (Å²) in [5.74, 6) is 1.37. The fourth-order valence-electron chi connectivity index (χ4n) is 2.21. The second kappa shape index (κ2) is 6.53. The van der Waals surface area contributed by atoms with Crippen LogP contribution in [0.15, 0.2) is 47.2 Å². The zero-order valence-electron chi connectivity index (χ0n) is 12.7. The average Bonchev–Trinajstić information content (AvgIpc) is 3.24. The number of nitrogens with zero attached hydrogens (tertiary/aromatic N) is 4. The molecular weight excluding hydrogens is 278 g/mol. The lowest BCUT2D eigenvalue weighted by Gasteiger charge is -2.13. The molecular formula is C16H19N5O. The molecule has 0 spiro atoms. The minimum atomic E-state index is 0.204. The first-order valence-corrected chi connectivity index (χ1v) is 7.41. The molecule has 0 aliphatic heterocycles. The summed E-state index contributed by atoms with van der Waals surface area (Å²) in [6.45, 7) is 4.70. The average molecular weight is 297 g/mol. The number of hydrogen-bond acceptors (Lipinski definition) is 5.